The van der Waals surface area contributed by atoms with Gasteiger partial charge in [-0.15, -0.1) is 0 Å². The minimum absolute atomic E-state index is 0.0107. The fourth-order valence-corrected chi connectivity index (χ4v) is 1.88. The van der Waals surface area contributed by atoms with Crippen LogP contribution in [0.2, 0.25) is 0 Å². The maximum absolute atomic E-state index is 11.6. The molecule has 0 aliphatic carbocycles. The maximum Gasteiger partial charge on any atom is 0.229 e. The first kappa shape index (κ1) is 11.0. The molecule has 1 fully saturated rings. The lowest BCUT2D eigenvalue weighted by Crippen LogP contribution is -2.25. The van der Waals surface area contributed by atoms with E-state index in [1.54, 1.807) is 4.90 Å². The van der Waals surface area contributed by atoms with Gasteiger partial charge >= 0.3 is 0 Å². The normalized spacial score (nSPS) is 20.3. The molecule has 86 valence electrons. The molecule has 1 amide bonds. The number of carbonyl (C=O) groups excluding carboxylic acids is 1. The molecule has 1 aromatic carbocycles. The van der Waals surface area contributed by atoms with Crippen LogP contribution in [0, 0.1) is 0 Å². The van der Waals surface area contributed by atoms with Crippen molar-refractivity contribution in [3.63, 3.8) is 0 Å². The van der Waals surface area contributed by atoms with Gasteiger partial charge in [-0.1, -0.05) is 6.07 Å². The van der Waals surface area contributed by atoms with Gasteiger partial charge in [-0.25, -0.2) is 0 Å². The summed E-state index contributed by atoms with van der Waals surface area (Å²) in [5.74, 6) is -0.0107. The number of anilines is 2. The van der Waals surface area contributed by atoms with E-state index in [0.29, 0.717) is 6.54 Å². The van der Waals surface area contributed by atoms with Crippen LogP contribution >= 0.6 is 0 Å². The van der Waals surface area contributed by atoms with Crippen LogP contribution in [0.15, 0.2) is 24.3 Å². The molecule has 1 heterocycles. The molecule has 1 unspecified atom stereocenters. The van der Waals surface area contributed by atoms with E-state index in [1.165, 1.54) is 0 Å². The second-order valence-corrected chi connectivity index (χ2v) is 4.28. The molecule has 1 saturated heterocycles. The number of aliphatic hydroxyl groups excluding tert-OH is 1. The van der Waals surface area contributed by atoms with E-state index in [2.05, 4.69) is 0 Å². The third-order valence-corrected chi connectivity index (χ3v) is 2.76. The number of benzene rings is 1. The predicted octanol–water partition coefficient (Wildman–Crippen LogP) is 0.850. The summed E-state index contributed by atoms with van der Waals surface area (Å²) in [5.41, 5.74) is 1.90. The van der Waals surface area contributed by atoms with Crippen molar-refractivity contribution in [1.82, 2.24) is 0 Å². The van der Waals surface area contributed by atoms with Gasteiger partial charge in [-0.3, -0.25) is 4.79 Å². The Morgan fingerprint density at radius 3 is 2.75 bits per heavy atom. The highest BCUT2D eigenvalue weighted by atomic mass is 16.3. The van der Waals surface area contributed by atoms with Gasteiger partial charge < -0.3 is 14.9 Å². The molecule has 2 rings (SSSR count). The average Bonchev–Trinajstić information content (AvgIpc) is 2.58. The molecule has 1 atom stereocenters. The van der Waals surface area contributed by atoms with Crippen LogP contribution in [-0.4, -0.2) is 37.8 Å². The Hall–Kier alpha value is -1.55. The van der Waals surface area contributed by atoms with E-state index in [9.17, 15) is 9.90 Å². The zero-order valence-electron chi connectivity index (χ0n) is 9.55. The van der Waals surface area contributed by atoms with Crippen molar-refractivity contribution in [3.8, 4) is 0 Å². The summed E-state index contributed by atoms with van der Waals surface area (Å²) in [4.78, 5) is 15.2. The molecule has 0 aromatic heterocycles. The number of nitrogens with zero attached hydrogens (tertiary/aromatic N) is 2. The number of carbonyl (C=O) groups is 1. The number of β-amino-alcohol motifs (C(OH)–C–C–N with tert-alkyl or cyclic N) is 1. The van der Waals surface area contributed by atoms with Crippen molar-refractivity contribution in [2.75, 3.05) is 30.4 Å². The Bertz CT molecular complexity index is 404. The molecule has 4 nitrogen and oxygen atoms in total. The molecule has 4 heteroatoms. The topological polar surface area (TPSA) is 43.8 Å². The minimum atomic E-state index is -0.532. The Kier molecular flexibility index (Phi) is 2.83. The number of rotatable bonds is 2. The van der Waals surface area contributed by atoms with Crippen LogP contribution in [0.25, 0.3) is 0 Å². The molecule has 16 heavy (non-hydrogen) atoms. The Morgan fingerprint density at radius 2 is 2.19 bits per heavy atom. The molecular weight excluding hydrogens is 204 g/mol. The second kappa shape index (κ2) is 4.14. The lowest BCUT2D eigenvalue weighted by atomic mass is 10.2. The Labute approximate surface area is 95.1 Å². The van der Waals surface area contributed by atoms with Crippen molar-refractivity contribution in [3.05, 3.63) is 24.3 Å². The van der Waals surface area contributed by atoms with Crippen molar-refractivity contribution < 1.29 is 9.90 Å². The molecule has 0 radical (unpaired) electrons. The summed E-state index contributed by atoms with van der Waals surface area (Å²) in [6, 6.07) is 7.75. The molecule has 0 spiro atoms. The zero-order chi connectivity index (χ0) is 11.7. The average molecular weight is 220 g/mol. The van der Waals surface area contributed by atoms with Crippen LogP contribution in [0.3, 0.4) is 0 Å². The largest absolute Gasteiger partial charge is 0.391 e. The summed E-state index contributed by atoms with van der Waals surface area (Å²) < 4.78 is 0. The van der Waals surface area contributed by atoms with Gasteiger partial charge in [0.05, 0.1) is 19.1 Å². The highest BCUT2D eigenvalue weighted by molar-refractivity contribution is 5.96. The van der Waals surface area contributed by atoms with Crippen molar-refractivity contribution >= 4 is 17.3 Å². The first-order valence-electron chi connectivity index (χ1n) is 5.34. The van der Waals surface area contributed by atoms with E-state index < -0.39 is 6.10 Å². The quantitative estimate of drug-likeness (QED) is 0.803. The lowest BCUT2D eigenvalue weighted by molar-refractivity contribution is -0.117. The van der Waals surface area contributed by atoms with E-state index in [-0.39, 0.29) is 12.3 Å². The highest BCUT2D eigenvalue weighted by Crippen LogP contribution is 2.25. The third-order valence-electron chi connectivity index (χ3n) is 2.76. The van der Waals surface area contributed by atoms with Crippen LogP contribution in [0.1, 0.15) is 6.42 Å². The van der Waals surface area contributed by atoms with E-state index in [4.69, 9.17) is 0 Å². The first-order valence-corrected chi connectivity index (χ1v) is 5.34. The fraction of sp³-hybridized carbons (Fsp3) is 0.417. The molecule has 0 bridgehead atoms. The van der Waals surface area contributed by atoms with Gasteiger partial charge in [0.1, 0.15) is 0 Å². The smallest absolute Gasteiger partial charge is 0.229 e. The summed E-state index contributed by atoms with van der Waals surface area (Å²) in [6.07, 6.45) is -0.304. The molecular formula is C12H16N2O2. The molecule has 1 aromatic rings. The van der Waals surface area contributed by atoms with Crippen LogP contribution < -0.4 is 9.80 Å². The number of hydrogen-bond acceptors (Lipinski definition) is 3. The van der Waals surface area contributed by atoms with Crippen LogP contribution in [0.5, 0.6) is 0 Å². The molecule has 1 aliphatic heterocycles. The van der Waals surface area contributed by atoms with Gasteiger partial charge in [-0.05, 0) is 18.2 Å². The monoisotopic (exact) mass is 220 g/mol. The Balaban J connectivity index is 2.27. The number of hydrogen-bond donors (Lipinski definition) is 1. The Morgan fingerprint density at radius 1 is 1.44 bits per heavy atom. The van der Waals surface area contributed by atoms with Gasteiger partial charge in [-0.2, -0.15) is 0 Å². The zero-order valence-corrected chi connectivity index (χ0v) is 9.55. The highest BCUT2D eigenvalue weighted by Gasteiger charge is 2.29. The van der Waals surface area contributed by atoms with Crippen molar-refractivity contribution in [2.45, 2.75) is 12.5 Å². The number of amides is 1. The third kappa shape index (κ3) is 2.02. The summed E-state index contributed by atoms with van der Waals surface area (Å²) in [5, 5.41) is 9.44. The first-order chi connectivity index (χ1) is 7.58. The van der Waals surface area contributed by atoms with Crippen molar-refractivity contribution in [1.29, 1.82) is 0 Å². The molecule has 1 aliphatic rings. The predicted molar refractivity (Wildman–Crippen MR) is 63.7 cm³/mol. The SMILES string of the molecule is CN(C)c1cccc(N2CC(O)CC2=O)c1. The van der Waals surface area contributed by atoms with Crippen LogP contribution in [-0.2, 0) is 4.79 Å². The lowest BCUT2D eigenvalue weighted by Gasteiger charge is -2.19. The number of aliphatic hydroxyl groups is 1. The van der Waals surface area contributed by atoms with E-state index in [1.807, 2.05) is 43.3 Å². The molecule has 0 saturated carbocycles. The minimum Gasteiger partial charge on any atom is -0.391 e. The summed E-state index contributed by atoms with van der Waals surface area (Å²) in [6.45, 7) is 0.399. The van der Waals surface area contributed by atoms with Crippen LogP contribution in [0.4, 0.5) is 11.4 Å². The van der Waals surface area contributed by atoms with Gasteiger partial charge in [0.2, 0.25) is 5.91 Å². The second-order valence-electron chi connectivity index (χ2n) is 4.28. The molecule has 1 N–H and O–H groups in total. The van der Waals surface area contributed by atoms with Gasteiger partial charge in [0.25, 0.3) is 0 Å². The maximum atomic E-state index is 11.6. The van der Waals surface area contributed by atoms with E-state index >= 15 is 0 Å². The summed E-state index contributed by atoms with van der Waals surface area (Å²) in [7, 11) is 3.92. The van der Waals surface area contributed by atoms with Gasteiger partial charge in [0.15, 0.2) is 0 Å². The summed E-state index contributed by atoms with van der Waals surface area (Å²) >= 11 is 0. The fourth-order valence-electron chi connectivity index (χ4n) is 1.88. The van der Waals surface area contributed by atoms with Crippen molar-refractivity contribution in [2.24, 2.45) is 0 Å². The standard InChI is InChI=1S/C12H16N2O2/c1-13(2)9-4-3-5-10(6-9)14-8-11(15)7-12(14)16/h3-6,11,15H,7-8H2,1-2H3. The van der Waals surface area contributed by atoms with E-state index in [0.717, 1.165) is 11.4 Å². The van der Waals surface area contributed by atoms with Gasteiger partial charge in [0, 0.05) is 25.5 Å².